The summed E-state index contributed by atoms with van der Waals surface area (Å²) in [6.07, 6.45) is 1.11. The van der Waals surface area contributed by atoms with Crippen LogP contribution in [0.4, 0.5) is 0 Å². The summed E-state index contributed by atoms with van der Waals surface area (Å²) in [5.74, 6) is -0.0900. The van der Waals surface area contributed by atoms with Gasteiger partial charge in [0.25, 0.3) is 0 Å². The molecule has 0 amide bonds. The van der Waals surface area contributed by atoms with E-state index in [0.29, 0.717) is 18.4 Å². The highest BCUT2D eigenvalue weighted by molar-refractivity contribution is 6.04. The van der Waals surface area contributed by atoms with Crippen LogP contribution in [-0.2, 0) is 4.79 Å². The van der Waals surface area contributed by atoms with Gasteiger partial charge in [-0.05, 0) is 32.3 Å². The van der Waals surface area contributed by atoms with Crippen molar-refractivity contribution in [3.63, 3.8) is 0 Å². The van der Waals surface area contributed by atoms with Gasteiger partial charge in [0, 0.05) is 6.42 Å². The van der Waals surface area contributed by atoms with Crippen molar-refractivity contribution in [1.82, 2.24) is 0 Å². The summed E-state index contributed by atoms with van der Waals surface area (Å²) < 4.78 is 0. The van der Waals surface area contributed by atoms with Gasteiger partial charge in [-0.2, -0.15) is 10.5 Å². The van der Waals surface area contributed by atoms with E-state index in [9.17, 15) is 4.79 Å². The number of carbonyl (C=O) groups excluding carboxylic acids is 1. The van der Waals surface area contributed by atoms with Crippen LogP contribution in [0, 0.1) is 28.1 Å². The minimum atomic E-state index is -0.941. The molecule has 0 aromatic carbocycles. The number of allylic oxidation sites excluding steroid dienone is 2. The molecule has 0 saturated heterocycles. The lowest BCUT2D eigenvalue weighted by atomic mass is 9.80. The highest BCUT2D eigenvalue weighted by atomic mass is 16.1. The molecule has 0 aromatic rings. The van der Waals surface area contributed by atoms with Crippen LogP contribution in [0.2, 0.25) is 0 Å². The second-order valence-electron chi connectivity index (χ2n) is 3.76. The Hall–Kier alpha value is -1.61. The average Bonchev–Trinajstić information content (AvgIpc) is 2.41. The van der Waals surface area contributed by atoms with Crippen LogP contribution in [0.5, 0.6) is 0 Å². The Kier molecular flexibility index (Phi) is 2.72. The number of rotatable bonds is 2. The first-order valence-corrected chi connectivity index (χ1v) is 4.57. The fourth-order valence-electron chi connectivity index (χ4n) is 1.84. The predicted molar refractivity (Wildman–Crippen MR) is 50.9 cm³/mol. The number of ketones is 1. The molecule has 3 heteroatoms. The topological polar surface area (TPSA) is 64.7 Å². The quantitative estimate of drug-likeness (QED) is 0.666. The van der Waals surface area contributed by atoms with Crippen LogP contribution in [0.15, 0.2) is 11.1 Å². The summed E-state index contributed by atoms with van der Waals surface area (Å²) >= 11 is 0. The van der Waals surface area contributed by atoms with Crippen LogP contribution >= 0.6 is 0 Å². The maximum atomic E-state index is 11.8. The smallest absolute Gasteiger partial charge is 0.179 e. The van der Waals surface area contributed by atoms with Crippen molar-refractivity contribution in [2.24, 2.45) is 5.41 Å². The first-order valence-electron chi connectivity index (χ1n) is 4.57. The number of carbonyl (C=O) groups is 1. The summed E-state index contributed by atoms with van der Waals surface area (Å²) in [5.41, 5.74) is 0.739. The van der Waals surface area contributed by atoms with Crippen molar-refractivity contribution < 1.29 is 4.79 Å². The summed E-state index contributed by atoms with van der Waals surface area (Å²) in [5, 5.41) is 17.5. The second-order valence-corrected chi connectivity index (χ2v) is 3.76. The molecule has 1 aliphatic rings. The predicted octanol–water partition coefficient (Wildman–Crippen LogP) is 2.11. The molecular formula is C11H12N2O. The van der Waals surface area contributed by atoms with Crippen molar-refractivity contribution in [3.8, 4) is 12.1 Å². The molecule has 1 unspecified atom stereocenters. The minimum absolute atomic E-state index is 0.0900. The van der Waals surface area contributed by atoms with E-state index in [2.05, 4.69) is 6.07 Å². The minimum Gasteiger partial charge on any atom is -0.293 e. The zero-order valence-electron chi connectivity index (χ0n) is 8.42. The Morgan fingerprint density at radius 2 is 2.07 bits per heavy atom. The third-order valence-electron chi connectivity index (χ3n) is 2.86. The Morgan fingerprint density at radius 3 is 2.43 bits per heavy atom. The number of nitrogens with zero attached hydrogens (tertiary/aromatic N) is 2. The van der Waals surface area contributed by atoms with Gasteiger partial charge in [-0.1, -0.05) is 5.57 Å². The first-order chi connectivity index (χ1) is 6.57. The maximum Gasteiger partial charge on any atom is 0.179 e. The molecule has 1 rings (SSSR count). The van der Waals surface area contributed by atoms with Crippen molar-refractivity contribution in [2.75, 3.05) is 0 Å². The van der Waals surface area contributed by atoms with Gasteiger partial charge < -0.3 is 0 Å². The summed E-state index contributed by atoms with van der Waals surface area (Å²) in [6, 6.07) is 4.06. The molecule has 14 heavy (non-hydrogen) atoms. The van der Waals surface area contributed by atoms with E-state index < -0.39 is 5.41 Å². The summed E-state index contributed by atoms with van der Waals surface area (Å²) in [6.45, 7) is 3.63. The van der Waals surface area contributed by atoms with Gasteiger partial charge in [0.1, 0.15) is 5.41 Å². The molecule has 0 fully saturated rings. The monoisotopic (exact) mass is 188 g/mol. The number of nitriles is 2. The normalized spacial score (nSPS) is 26.1. The Labute approximate surface area is 83.6 Å². The van der Waals surface area contributed by atoms with E-state index in [1.165, 1.54) is 0 Å². The average molecular weight is 188 g/mol. The molecule has 0 spiro atoms. The third-order valence-corrected chi connectivity index (χ3v) is 2.86. The van der Waals surface area contributed by atoms with Crippen LogP contribution in [0.3, 0.4) is 0 Å². The molecule has 72 valence electrons. The summed E-state index contributed by atoms with van der Waals surface area (Å²) in [4.78, 5) is 11.8. The van der Waals surface area contributed by atoms with Gasteiger partial charge in [-0.25, -0.2) is 0 Å². The lowest BCUT2D eigenvalue weighted by Gasteiger charge is -2.17. The highest BCUT2D eigenvalue weighted by Crippen LogP contribution is 2.41. The molecule has 0 bridgehead atoms. The van der Waals surface area contributed by atoms with Gasteiger partial charge in [-0.3, -0.25) is 4.79 Å². The zero-order chi connectivity index (χ0) is 10.8. The number of Topliss-reactive ketones (excluding diaryl/α,β-unsaturated/α-hetero) is 1. The van der Waals surface area contributed by atoms with Crippen LogP contribution in [-0.4, -0.2) is 5.78 Å². The highest BCUT2D eigenvalue weighted by Gasteiger charge is 2.44. The van der Waals surface area contributed by atoms with Gasteiger partial charge in [-0.15, -0.1) is 0 Å². The van der Waals surface area contributed by atoms with E-state index >= 15 is 0 Å². The van der Waals surface area contributed by atoms with Gasteiger partial charge in [0.15, 0.2) is 5.78 Å². The van der Waals surface area contributed by atoms with E-state index in [0.717, 1.165) is 5.57 Å². The van der Waals surface area contributed by atoms with Crippen molar-refractivity contribution in [3.05, 3.63) is 11.1 Å². The van der Waals surface area contributed by atoms with Crippen molar-refractivity contribution in [1.29, 1.82) is 10.5 Å². The molecule has 0 aliphatic heterocycles. The molecule has 0 aromatic heterocycles. The standard InChI is InChI=1S/C11H12N2O/c1-8-6-11(7-13,4-3-5-12)10(14)9(8)2/h3-4,6H2,1-2H3. The fraction of sp³-hybridized carbons (Fsp3) is 0.545. The Bertz CT molecular complexity index is 381. The van der Waals surface area contributed by atoms with Crippen molar-refractivity contribution in [2.45, 2.75) is 33.1 Å². The van der Waals surface area contributed by atoms with Crippen LogP contribution in [0.25, 0.3) is 0 Å². The first kappa shape index (κ1) is 10.5. The SMILES string of the molecule is CC1=C(C)C(=O)C(C#N)(CCC#N)C1. The zero-order valence-corrected chi connectivity index (χ0v) is 8.42. The summed E-state index contributed by atoms with van der Waals surface area (Å²) in [7, 11) is 0. The number of hydrogen-bond acceptors (Lipinski definition) is 3. The molecule has 0 saturated carbocycles. The maximum absolute atomic E-state index is 11.8. The lowest BCUT2D eigenvalue weighted by Crippen LogP contribution is -2.25. The third kappa shape index (κ3) is 1.42. The van der Waals surface area contributed by atoms with Crippen LogP contribution in [0.1, 0.15) is 33.1 Å². The molecule has 0 heterocycles. The Balaban J connectivity index is 2.94. The van der Waals surface area contributed by atoms with Gasteiger partial charge in [0.2, 0.25) is 0 Å². The lowest BCUT2D eigenvalue weighted by molar-refractivity contribution is -0.121. The molecule has 1 aliphatic carbocycles. The Morgan fingerprint density at radius 1 is 1.43 bits per heavy atom. The fourth-order valence-corrected chi connectivity index (χ4v) is 1.84. The van der Waals surface area contributed by atoms with E-state index in [1.807, 2.05) is 13.0 Å². The molecule has 0 radical (unpaired) electrons. The van der Waals surface area contributed by atoms with Crippen LogP contribution < -0.4 is 0 Å². The van der Waals surface area contributed by atoms with Gasteiger partial charge in [0.05, 0.1) is 12.1 Å². The molecule has 1 atom stereocenters. The van der Waals surface area contributed by atoms with Crippen molar-refractivity contribution >= 4 is 5.78 Å². The van der Waals surface area contributed by atoms with E-state index in [-0.39, 0.29) is 12.2 Å². The second kappa shape index (κ2) is 3.64. The molecular weight excluding hydrogens is 176 g/mol. The molecule has 0 N–H and O–H groups in total. The van der Waals surface area contributed by atoms with E-state index in [1.54, 1.807) is 6.92 Å². The molecule has 3 nitrogen and oxygen atoms in total. The largest absolute Gasteiger partial charge is 0.293 e. The van der Waals surface area contributed by atoms with Gasteiger partial charge >= 0.3 is 0 Å². The van der Waals surface area contributed by atoms with E-state index in [4.69, 9.17) is 10.5 Å². The number of hydrogen-bond donors (Lipinski definition) is 0.